The first-order valence-corrected chi connectivity index (χ1v) is 12.4. The number of carbonyl (C=O) groups is 2. The summed E-state index contributed by atoms with van der Waals surface area (Å²) < 4.78 is 1.74. The number of carbonyl (C=O) groups excluding carboxylic acids is 2. The Kier molecular flexibility index (Phi) is 7.26. The fourth-order valence-electron chi connectivity index (χ4n) is 4.02. The molecular formula is C24H30N6O3S. The number of fused-ring (bicyclic) bond motifs is 1. The van der Waals surface area contributed by atoms with Crippen molar-refractivity contribution in [3.63, 3.8) is 0 Å². The van der Waals surface area contributed by atoms with Crippen molar-refractivity contribution in [1.29, 1.82) is 0 Å². The molecule has 1 fully saturated rings. The summed E-state index contributed by atoms with van der Waals surface area (Å²) in [6.45, 7) is 7.91. The van der Waals surface area contributed by atoms with Gasteiger partial charge in [-0.3, -0.25) is 19.0 Å². The molecule has 4 rings (SSSR count). The van der Waals surface area contributed by atoms with Gasteiger partial charge in [-0.25, -0.2) is 4.98 Å². The molecule has 1 aliphatic heterocycles. The largest absolute Gasteiger partial charge is 0.356 e. The molecule has 0 radical (unpaired) electrons. The fourth-order valence-corrected chi connectivity index (χ4v) is 5.04. The van der Waals surface area contributed by atoms with Crippen molar-refractivity contribution in [2.45, 2.75) is 46.6 Å². The Morgan fingerprint density at radius 3 is 2.71 bits per heavy atom. The fraction of sp³-hybridized carbons (Fsp3) is 0.458. The van der Waals surface area contributed by atoms with Gasteiger partial charge in [-0.05, 0) is 50.3 Å². The highest BCUT2D eigenvalue weighted by Gasteiger charge is 2.26. The van der Waals surface area contributed by atoms with Crippen LogP contribution in [0.15, 0.2) is 29.3 Å². The maximum Gasteiger partial charge on any atom is 0.273 e. The highest BCUT2D eigenvalue weighted by Crippen LogP contribution is 2.29. The molecule has 0 bridgehead atoms. The van der Waals surface area contributed by atoms with E-state index in [0.717, 1.165) is 41.2 Å². The first-order valence-electron chi connectivity index (χ1n) is 11.6. The second-order valence-corrected chi connectivity index (χ2v) is 9.72. The van der Waals surface area contributed by atoms with Crippen molar-refractivity contribution in [3.8, 4) is 0 Å². The van der Waals surface area contributed by atoms with E-state index in [0.29, 0.717) is 30.0 Å². The molecule has 180 valence electrons. The summed E-state index contributed by atoms with van der Waals surface area (Å²) in [4.78, 5) is 48.8. The normalized spacial score (nSPS) is 14.4. The van der Waals surface area contributed by atoms with Crippen LogP contribution in [0.25, 0.3) is 10.3 Å². The quantitative estimate of drug-likeness (QED) is 0.536. The van der Waals surface area contributed by atoms with Crippen molar-refractivity contribution >= 4 is 44.3 Å². The average Bonchev–Trinajstić information content (AvgIpc) is 3.27. The van der Waals surface area contributed by atoms with Crippen molar-refractivity contribution in [2.75, 3.05) is 29.9 Å². The molecule has 10 heteroatoms. The number of piperidine rings is 1. The third kappa shape index (κ3) is 5.27. The maximum absolute atomic E-state index is 13.0. The van der Waals surface area contributed by atoms with Gasteiger partial charge in [0.15, 0.2) is 10.8 Å². The summed E-state index contributed by atoms with van der Waals surface area (Å²) >= 11 is 1.29. The van der Waals surface area contributed by atoms with Crippen LogP contribution < -0.4 is 21.1 Å². The SMILES string of the molecule is CCCNC(=O)C1CCN(c2nc3ncn(CC(=O)Nc4cc(C)ccc4C)c(=O)c3s2)CC1. The number of nitrogens with one attached hydrogen (secondary N) is 2. The molecule has 9 nitrogen and oxygen atoms in total. The number of aryl methyl sites for hydroxylation is 2. The number of thiazole rings is 1. The van der Waals surface area contributed by atoms with Gasteiger partial charge < -0.3 is 15.5 Å². The molecule has 34 heavy (non-hydrogen) atoms. The zero-order valence-corrected chi connectivity index (χ0v) is 20.6. The first-order chi connectivity index (χ1) is 16.4. The molecular weight excluding hydrogens is 452 g/mol. The van der Waals surface area contributed by atoms with Crippen LogP contribution in [0.5, 0.6) is 0 Å². The number of aromatic nitrogens is 3. The van der Waals surface area contributed by atoms with Gasteiger partial charge in [-0.15, -0.1) is 0 Å². The van der Waals surface area contributed by atoms with E-state index in [1.807, 2.05) is 39.0 Å². The van der Waals surface area contributed by atoms with Gasteiger partial charge in [-0.2, -0.15) is 4.98 Å². The van der Waals surface area contributed by atoms with E-state index >= 15 is 0 Å². The van der Waals surface area contributed by atoms with Crippen LogP contribution >= 0.6 is 11.3 Å². The molecule has 2 N–H and O–H groups in total. The van der Waals surface area contributed by atoms with Gasteiger partial charge in [0.2, 0.25) is 11.8 Å². The second-order valence-electron chi connectivity index (χ2n) is 8.75. The number of anilines is 2. The standard InChI is InChI=1S/C24H30N6O3S/c1-4-9-25-22(32)17-7-10-29(11-8-17)24-28-21-20(34-24)23(33)30(14-26-21)13-19(31)27-18-12-15(2)5-6-16(18)3/h5-6,12,14,17H,4,7-11,13H2,1-3H3,(H,25,32)(H,27,31). The lowest BCUT2D eigenvalue weighted by Gasteiger charge is -2.30. The molecule has 0 saturated carbocycles. The van der Waals surface area contributed by atoms with Crippen LogP contribution in [0, 0.1) is 19.8 Å². The van der Waals surface area contributed by atoms with Crippen molar-refractivity contribution in [2.24, 2.45) is 5.92 Å². The van der Waals surface area contributed by atoms with E-state index in [9.17, 15) is 14.4 Å². The third-order valence-corrected chi connectivity index (χ3v) is 7.13. The van der Waals surface area contributed by atoms with Crippen LogP contribution in [0.4, 0.5) is 10.8 Å². The number of hydrogen-bond donors (Lipinski definition) is 2. The van der Waals surface area contributed by atoms with Gasteiger partial charge >= 0.3 is 0 Å². The Labute approximate surface area is 202 Å². The van der Waals surface area contributed by atoms with E-state index in [1.165, 1.54) is 22.2 Å². The molecule has 2 aromatic heterocycles. The minimum absolute atomic E-state index is 0.0167. The van der Waals surface area contributed by atoms with Crippen molar-refractivity contribution in [1.82, 2.24) is 19.9 Å². The van der Waals surface area contributed by atoms with Crippen LogP contribution in [-0.4, -0.2) is 46.0 Å². The van der Waals surface area contributed by atoms with E-state index in [2.05, 4.69) is 25.5 Å². The smallest absolute Gasteiger partial charge is 0.273 e. The van der Waals surface area contributed by atoms with Crippen molar-refractivity contribution < 1.29 is 9.59 Å². The summed E-state index contributed by atoms with van der Waals surface area (Å²) in [6, 6.07) is 5.84. The minimum atomic E-state index is -0.287. The third-order valence-electron chi connectivity index (χ3n) is 6.04. The molecule has 0 spiro atoms. The van der Waals surface area contributed by atoms with E-state index < -0.39 is 0 Å². The van der Waals surface area contributed by atoms with E-state index in [4.69, 9.17) is 0 Å². The lowest BCUT2D eigenvalue weighted by atomic mass is 9.96. The highest BCUT2D eigenvalue weighted by molar-refractivity contribution is 7.22. The molecule has 3 aromatic rings. The van der Waals surface area contributed by atoms with E-state index in [-0.39, 0.29) is 29.8 Å². The van der Waals surface area contributed by atoms with Gasteiger partial charge in [0.05, 0.1) is 0 Å². The number of amides is 2. The maximum atomic E-state index is 13.0. The Hall–Kier alpha value is -3.27. The molecule has 1 aromatic carbocycles. The minimum Gasteiger partial charge on any atom is -0.356 e. The van der Waals surface area contributed by atoms with Crippen LogP contribution in [0.2, 0.25) is 0 Å². The number of benzene rings is 1. The molecule has 1 saturated heterocycles. The monoisotopic (exact) mass is 482 g/mol. The second kappa shape index (κ2) is 10.3. The van der Waals surface area contributed by atoms with Gasteiger partial charge in [0.1, 0.15) is 17.6 Å². The molecule has 3 heterocycles. The predicted octanol–water partition coefficient (Wildman–Crippen LogP) is 2.85. The molecule has 2 amide bonds. The van der Waals surface area contributed by atoms with Crippen molar-refractivity contribution in [3.05, 3.63) is 46.0 Å². The molecule has 0 unspecified atom stereocenters. The Bertz CT molecular complexity index is 1260. The number of nitrogens with zero attached hydrogens (tertiary/aromatic N) is 4. The lowest BCUT2D eigenvalue weighted by molar-refractivity contribution is -0.125. The van der Waals surface area contributed by atoms with Gasteiger partial charge in [0.25, 0.3) is 5.56 Å². The lowest BCUT2D eigenvalue weighted by Crippen LogP contribution is -2.40. The van der Waals surface area contributed by atoms with Gasteiger partial charge in [0, 0.05) is 31.2 Å². The summed E-state index contributed by atoms with van der Waals surface area (Å²) in [5, 5.41) is 6.58. The Balaban J connectivity index is 1.44. The topological polar surface area (TPSA) is 109 Å². The highest BCUT2D eigenvalue weighted by atomic mass is 32.1. The summed E-state index contributed by atoms with van der Waals surface area (Å²) in [5.41, 5.74) is 2.85. The van der Waals surface area contributed by atoms with Crippen LogP contribution in [0.1, 0.15) is 37.3 Å². The zero-order chi connectivity index (χ0) is 24.2. The predicted molar refractivity (Wildman–Crippen MR) is 134 cm³/mol. The summed E-state index contributed by atoms with van der Waals surface area (Å²) in [6.07, 6.45) is 3.80. The summed E-state index contributed by atoms with van der Waals surface area (Å²) in [7, 11) is 0. The molecule has 0 aliphatic carbocycles. The Morgan fingerprint density at radius 1 is 1.21 bits per heavy atom. The van der Waals surface area contributed by atoms with Crippen LogP contribution in [0.3, 0.4) is 0 Å². The molecule has 1 aliphatic rings. The summed E-state index contributed by atoms with van der Waals surface area (Å²) in [5.74, 6) is -0.150. The number of rotatable bonds is 7. The average molecular weight is 483 g/mol. The Morgan fingerprint density at radius 2 is 1.97 bits per heavy atom. The van der Waals surface area contributed by atoms with Gasteiger partial charge in [-0.1, -0.05) is 30.4 Å². The number of hydrogen-bond acceptors (Lipinski definition) is 7. The first kappa shape index (κ1) is 23.9. The zero-order valence-electron chi connectivity index (χ0n) is 19.8. The van der Waals surface area contributed by atoms with E-state index in [1.54, 1.807) is 0 Å². The molecule has 0 atom stereocenters. The van der Waals surface area contributed by atoms with Crippen LogP contribution in [-0.2, 0) is 16.1 Å².